The molecule has 0 saturated carbocycles. The van der Waals surface area contributed by atoms with Crippen LogP contribution in [0.15, 0.2) is 24.3 Å². The largest absolute Gasteiger partial charge is 0.465 e. The normalized spacial score (nSPS) is 9.42. The van der Waals surface area contributed by atoms with E-state index in [2.05, 4.69) is 5.32 Å². The number of halogens is 1. The van der Waals surface area contributed by atoms with Gasteiger partial charge in [-0.1, -0.05) is 29.8 Å². The fraction of sp³-hybridized carbons (Fsp3) is 0.125. The van der Waals surface area contributed by atoms with E-state index in [1.807, 2.05) is 6.07 Å². The van der Waals surface area contributed by atoms with Gasteiger partial charge in [-0.05, 0) is 11.6 Å². The Hall–Kier alpha value is -1.22. The molecule has 1 aromatic carbocycles. The van der Waals surface area contributed by atoms with Gasteiger partial charge in [0.1, 0.15) is 0 Å². The molecule has 0 radical (unpaired) electrons. The Kier molecular flexibility index (Phi) is 2.94. The summed E-state index contributed by atoms with van der Waals surface area (Å²) in [6.45, 7) is 0.245. The second kappa shape index (κ2) is 3.97. The van der Waals surface area contributed by atoms with E-state index >= 15 is 0 Å². The molecule has 12 heavy (non-hydrogen) atoms. The predicted octanol–water partition coefficient (Wildman–Crippen LogP) is 2.11. The molecule has 4 heteroatoms. The Morgan fingerprint density at radius 1 is 1.50 bits per heavy atom. The van der Waals surface area contributed by atoms with E-state index in [0.29, 0.717) is 5.02 Å². The molecule has 1 rings (SSSR count). The van der Waals surface area contributed by atoms with Crippen molar-refractivity contribution in [3.63, 3.8) is 0 Å². The molecule has 0 aromatic heterocycles. The van der Waals surface area contributed by atoms with Crippen LogP contribution in [0.25, 0.3) is 0 Å². The summed E-state index contributed by atoms with van der Waals surface area (Å²) < 4.78 is 0. The number of hydrogen-bond acceptors (Lipinski definition) is 1. The highest BCUT2D eigenvalue weighted by Crippen LogP contribution is 2.13. The van der Waals surface area contributed by atoms with Crippen LogP contribution in [0.2, 0.25) is 5.02 Å². The van der Waals surface area contributed by atoms with Gasteiger partial charge in [-0.15, -0.1) is 0 Å². The summed E-state index contributed by atoms with van der Waals surface area (Å²) in [6, 6.07) is 7.11. The van der Waals surface area contributed by atoms with Crippen molar-refractivity contribution in [3.8, 4) is 0 Å². The average molecular weight is 186 g/mol. The lowest BCUT2D eigenvalue weighted by molar-refractivity contribution is 0.194. The molecule has 3 nitrogen and oxygen atoms in total. The Labute approximate surface area is 75.0 Å². The predicted molar refractivity (Wildman–Crippen MR) is 46.3 cm³/mol. The number of nitrogens with one attached hydrogen (secondary N) is 1. The van der Waals surface area contributed by atoms with E-state index in [-0.39, 0.29) is 6.54 Å². The van der Waals surface area contributed by atoms with Gasteiger partial charge in [-0.3, -0.25) is 0 Å². The van der Waals surface area contributed by atoms with E-state index in [0.717, 1.165) is 5.56 Å². The van der Waals surface area contributed by atoms with Gasteiger partial charge in [0, 0.05) is 11.6 Å². The molecule has 1 aromatic rings. The first-order valence-electron chi connectivity index (χ1n) is 3.40. The molecule has 0 spiro atoms. The number of hydrogen-bond donors (Lipinski definition) is 2. The maximum absolute atomic E-state index is 10.1. The van der Waals surface area contributed by atoms with Crippen molar-refractivity contribution < 1.29 is 9.90 Å². The molecule has 0 aliphatic carbocycles. The van der Waals surface area contributed by atoms with Crippen molar-refractivity contribution in [2.75, 3.05) is 0 Å². The first kappa shape index (κ1) is 8.87. The van der Waals surface area contributed by atoms with Crippen LogP contribution in [0.3, 0.4) is 0 Å². The lowest BCUT2D eigenvalue weighted by Gasteiger charge is -2.02. The van der Waals surface area contributed by atoms with Gasteiger partial charge in [-0.2, -0.15) is 0 Å². The second-order valence-electron chi connectivity index (χ2n) is 2.25. The van der Waals surface area contributed by atoms with Crippen LogP contribution in [-0.2, 0) is 6.54 Å². The summed E-state index contributed by atoms with van der Waals surface area (Å²) >= 11 is 5.77. The number of amides is 1. The fourth-order valence-electron chi connectivity index (χ4n) is 0.813. The summed E-state index contributed by atoms with van der Waals surface area (Å²) in [6.07, 6.45) is -1.05. The highest BCUT2D eigenvalue weighted by atomic mass is 35.5. The second-order valence-corrected chi connectivity index (χ2v) is 2.66. The third kappa shape index (κ3) is 2.43. The van der Waals surface area contributed by atoms with E-state index < -0.39 is 6.09 Å². The van der Waals surface area contributed by atoms with Gasteiger partial charge in [0.05, 0.1) is 0 Å². The van der Waals surface area contributed by atoms with E-state index in [9.17, 15) is 4.79 Å². The Morgan fingerprint density at radius 3 is 2.75 bits per heavy atom. The molecule has 1 amide bonds. The zero-order chi connectivity index (χ0) is 8.97. The van der Waals surface area contributed by atoms with Crippen LogP contribution >= 0.6 is 11.6 Å². The molecular formula is C8H8ClNO2. The molecule has 2 N–H and O–H groups in total. The maximum atomic E-state index is 10.1. The standard InChI is InChI=1S/C8H8ClNO2/c9-7-4-2-1-3-6(7)5-10-8(11)12/h1-4,10H,5H2,(H,11,12). The van der Waals surface area contributed by atoms with Crippen molar-refractivity contribution in [1.82, 2.24) is 5.32 Å². The van der Waals surface area contributed by atoms with Gasteiger partial charge in [-0.25, -0.2) is 4.79 Å². The van der Waals surface area contributed by atoms with E-state index in [1.165, 1.54) is 0 Å². The maximum Gasteiger partial charge on any atom is 0.404 e. The lowest BCUT2D eigenvalue weighted by atomic mass is 10.2. The number of rotatable bonds is 2. The minimum Gasteiger partial charge on any atom is -0.465 e. The van der Waals surface area contributed by atoms with Gasteiger partial charge in [0.25, 0.3) is 0 Å². The zero-order valence-electron chi connectivity index (χ0n) is 6.25. The summed E-state index contributed by atoms with van der Waals surface area (Å²) in [5.74, 6) is 0. The molecule has 0 aliphatic rings. The molecule has 0 aliphatic heterocycles. The molecule has 0 bridgehead atoms. The van der Waals surface area contributed by atoms with Crippen LogP contribution in [0.4, 0.5) is 4.79 Å². The molecule has 0 unspecified atom stereocenters. The summed E-state index contributed by atoms with van der Waals surface area (Å²) in [7, 11) is 0. The van der Waals surface area contributed by atoms with Gasteiger partial charge >= 0.3 is 6.09 Å². The van der Waals surface area contributed by atoms with Gasteiger partial charge in [0.2, 0.25) is 0 Å². The summed E-state index contributed by atoms with van der Waals surface area (Å²) in [5, 5.41) is 11.1. The van der Waals surface area contributed by atoms with E-state index in [1.54, 1.807) is 18.2 Å². The zero-order valence-corrected chi connectivity index (χ0v) is 7.01. The van der Waals surface area contributed by atoms with Crippen molar-refractivity contribution in [1.29, 1.82) is 0 Å². The van der Waals surface area contributed by atoms with Crippen molar-refractivity contribution in [3.05, 3.63) is 34.9 Å². The summed E-state index contributed by atoms with van der Waals surface area (Å²) in [4.78, 5) is 10.1. The first-order valence-corrected chi connectivity index (χ1v) is 3.78. The minimum absolute atomic E-state index is 0.245. The highest BCUT2D eigenvalue weighted by molar-refractivity contribution is 6.31. The molecular weight excluding hydrogens is 178 g/mol. The highest BCUT2D eigenvalue weighted by Gasteiger charge is 1.99. The molecule has 0 heterocycles. The van der Waals surface area contributed by atoms with Crippen LogP contribution in [0.1, 0.15) is 5.56 Å². The lowest BCUT2D eigenvalue weighted by Crippen LogP contribution is -2.19. The average Bonchev–Trinajstić information content (AvgIpc) is 2.03. The van der Waals surface area contributed by atoms with Gasteiger partial charge < -0.3 is 10.4 Å². The summed E-state index contributed by atoms with van der Waals surface area (Å²) in [5.41, 5.74) is 0.779. The van der Waals surface area contributed by atoms with E-state index in [4.69, 9.17) is 16.7 Å². The quantitative estimate of drug-likeness (QED) is 0.742. The smallest absolute Gasteiger partial charge is 0.404 e. The number of carboxylic acid groups (broad SMARTS) is 1. The van der Waals surface area contributed by atoms with Crippen molar-refractivity contribution in [2.45, 2.75) is 6.54 Å². The molecule has 0 fully saturated rings. The minimum atomic E-state index is -1.05. The first-order chi connectivity index (χ1) is 5.70. The molecule has 64 valence electrons. The molecule has 0 saturated heterocycles. The van der Waals surface area contributed by atoms with Crippen molar-refractivity contribution in [2.24, 2.45) is 0 Å². The molecule has 0 atom stereocenters. The SMILES string of the molecule is O=C(O)NCc1ccccc1Cl. The Balaban J connectivity index is 2.63. The Morgan fingerprint density at radius 2 is 2.17 bits per heavy atom. The van der Waals surface area contributed by atoms with Crippen LogP contribution in [0, 0.1) is 0 Å². The van der Waals surface area contributed by atoms with Crippen LogP contribution in [0.5, 0.6) is 0 Å². The van der Waals surface area contributed by atoms with Crippen molar-refractivity contribution >= 4 is 17.7 Å². The Bertz CT molecular complexity index is 288. The third-order valence-electron chi connectivity index (χ3n) is 1.39. The third-order valence-corrected chi connectivity index (χ3v) is 1.76. The van der Waals surface area contributed by atoms with Crippen LogP contribution in [-0.4, -0.2) is 11.2 Å². The number of carbonyl (C=O) groups is 1. The fourth-order valence-corrected chi connectivity index (χ4v) is 1.02. The monoisotopic (exact) mass is 185 g/mol. The van der Waals surface area contributed by atoms with Crippen LogP contribution < -0.4 is 5.32 Å². The van der Waals surface area contributed by atoms with Gasteiger partial charge in [0.15, 0.2) is 0 Å². The number of benzene rings is 1. The topological polar surface area (TPSA) is 49.3 Å².